The third-order valence-corrected chi connectivity index (χ3v) is 2.34. The van der Waals surface area contributed by atoms with Gasteiger partial charge in [-0.1, -0.05) is 0 Å². The second-order valence-electron chi connectivity index (χ2n) is 3.67. The van der Waals surface area contributed by atoms with Crippen LogP contribution in [0.15, 0.2) is 23.3 Å². The van der Waals surface area contributed by atoms with Gasteiger partial charge < -0.3 is 5.32 Å². The molecule has 0 saturated heterocycles. The van der Waals surface area contributed by atoms with Gasteiger partial charge in [-0.25, -0.2) is 14.2 Å². The number of amides is 2. The summed E-state index contributed by atoms with van der Waals surface area (Å²) in [6.45, 7) is 0. The average Bonchev–Trinajstić information content (AvgIpc) is 2.34. The van der Waals surface area contributed by atoms with Crippen molar-refractivity contribution in [1.82, 2.24) is 5.43 Å². The van der Waals surface area contributed by atoms with Crippen LogP contribution >= 0.6 is 0 Å². The van der Waals surface area contributed by atoms with Crippen molar-refractivity contribution in [1.29, 1.82) is 0 Å². The summed E-state index contributed by atoms with van der Waals surface area (Å²) in [7, 11) is 0. The highest BCUT2D eigenvalue weighted by atomic mass is 19.1. The zero-order chi connectivity index (χ0) is 13.1. The molecule has 0 saturated carbocycles. The maximum atomic E-state index is 13.3. The number of rotatable bonds is 2. The van der Waals surface area contributed by atoms with Gasteiger partial charge in [-0.2, -0.15) is 5.10 Å². The van der Waals surface area contributed by atoms with Crippen molar-refractivity contribution in [2.75, 3.05) is 5.32 Å². The van der Waals surface area contributed by atoms with Gasteiger partial charge in [-0.3, -0.25) is 9.59 Å². The Morgan fingerprint density at radius 3 is 2.78 bits per heavy atom. The van der Waals surface area contributed by atoms with Crippen molar-refractivity contribution in [3.05, 3.63) is 29.8 Å². The number of carbonyl (C=O) groups excluding carboxylic acids is 2. The van der Waals surface area contributed by atoms with E-state index >= 15 is 0 Å². The number of anilines is 1. The van der Waals surface area contributed by atoms with E-state index in [-0.39, 0.29) is 30.1 Å². The lowest BCUT2D eigenvalue weighted by Gasteiger charge is -2.12. The summed E-state index contributed by atoms with van der Waals surface area (Å²) in [5, 5.41) is 5.75. The van der Waals surface area contributed by atoms with Crippen LogP contribution in [-0.4, -0.2) is 17.5 Å². The van der Waals surface area contributed by atoms with E-state index in [1.807, 2.05) is 0 Å². The van der Waals surface area contributed by atoms with Gasteiger partial charge >= 0.3 is 0 Å². The van der Waals surface area contributed by atoms with E-state index in [4.69, 9.17) is 0 Å². The average molecular weight is 253 g/mol. The molecular weight excluding hydrogens is 244 g/mol. The molecule has 1 aromatic carbocycles. The van der Waals surface area contributed by atoms with Crippen LogP contribution in [0.25, 0.3) is 0 Å². The molecule has 0 radical (unpaired) electrons. The minimum absolute atomic E-state index is 0.0678. The predicted molar refractivity (Wildman–Crippen MR) is 59.8 cm³/mol. The Kier molecular flexibility index (Phi) is 3.31. The summed E-state index contributed by atoms with van der Waals surface area (Å²) in [6, 6.07) is 2.73. The molecule has 0 aromatic heterocycles. The zero-order valence-corrected chi connectivity index (χ0v) is 9.17. The largest absolute Gasteiger partial charge is 0.318 e. The summed E-state index contributed by atoms with van der Waals surface area (Å²) in [5.74, 6) is -2.36. The van der Waals surface area contributed by atoms with Gasteiger partial charge in [0.2, 0.25) is 5.91 Å². The molecule has 1 aliphatic heterocycles. The molecule has 0 bridgehead atoms. The van der Waals surface area contributed by atoms with Crippen LogP contribution < -0.4 is 10.7 Å². The molecule has 2 rings (SSSR count). The lowest BCUT2D eigenvalue weighted by Crippen LogP contribution is -2.33. The van der Waals surface area contributed by atoms with Crippen molar-refractivity contribution >= 4 is 23.2 Å². The minimum atomic E-state index is -0.745. The molecule has 0 spiro atoms. The van der Waals surface area contributed by atoms with Gasteiger partial charge in [0.15, 0.2) is 0 Å². The molecule has 1 aliphatic rings. The zero-order valence-electron chi connectivity index (χ0n) is 9.17. The highest BCUT2D eigenvalue weighted by Gasteiger charge is 2.19. The van der Waals surface area contributed by atoms with E-state index in [9.17, 15) is 18.4 Å². The van der Waals surface area contributed by atoms with Gasteiger partial charge in [0.05, 0.1) is 5.69 Å². The first kappa shape index (κ1) is 12.2. The number of nitrogens with zero attached hydrogens (tertiary/aromatic N) is 1. The Bertz CT molecular complexity index is 543. The quantitative estimate of drug-likeness (QED) is 0.830. The minimum Gasteiger partial charge on any atom is -0.318 e. The molecule has 1 aromatic rings. The Hall–Kier alpha value is -2.31. The SMILES string of the molecule is O=C1CCC(C(=O)Nc2cc(F)ccc2F)=NN1. The first-order chi connectivity index (χ1) is 8.56. The van der Waals surface area contributed by atoms with E-state index in [2.05, 4.69) is 15.8 Å². The number of halogens is 2. The monoisotopic (exact) mass is 253 g/mol. The third kappa shape index (κ3) is 2.68. The van der Waals surface area contributed by atoms with Gasteiger partial charge in [-0.05, 0) is 12.1 Å². The molecule has 2 N–H and O–H groups in total. The number of hydrogen-bond acceptors (Lipinski definition) is 3. The molecule has 18 heavy (non-hydrogen) atoms. The van der Waals surface area contributed by atoms with E-state index in [0.717, 1.165) is 18.2 Å². The first-order valence-corrected chi connectivity index (χ1v) is 5.18. The van der Waals surface area contributed by atoms with Crippen molar-refractivity contribution in [2.24, 2.45) is 5.10 Å². The lowest BCUT2D eigenvalue weighted by molar-refractivity contribution is -0.121. The molecular formula is C11H9F2N3O2. The van der Waals surface area contributed by atoms with Crippen LogP contribution in [0.5, 0.6) is 0 Å². The van der Waals surface area contributed by atoms with Crippen LogP contribution in [0.2, 0.25) is 0 Å². The Morgan fingerprint density at radius 1 is 1.33 bits per heavy atom. The van der Waals surface area contributed by atoms with Crippen LogP contribution in [-0.2, 0) is 9.59 Å². The fourth-order valence-electron chi connectivity index (χ4n) is 1.43. The summed E-state index contributed by atoms with van der Waals surface area (Å²) in [4.78, 5) is 22.5. The van der Waals surface area contributed by atoms with Crippen molar-refractivity contribution < 1.29 is 18.4 Å². The summed E-state index contributed by atoms with van der Waals surface area (Å²) < 4.78 is 26.2. The molecule has 94 valence electrons. The van der Waals surface area contributed by atoms with Crippen LogP contribution in [0.4, 0.5) is 14.5 Å². The number of carbonyl (C=O) groups is 2. The Labute approximate surface area is 101 Å². The van der Waals surface area contributed by atoms with Crippen LogP contribution in [0.1, 0.15) is 12.8 Å². The molecule has 1 heterocycles. The summed E-state index contributed by atoms with van der Waals surface area (Å²) in [5.41, 5.74) is 1.95. The fourth-order valence-corrected chi connectivity index (χ4v) is 1.43. The number of hydrogen-bond donors (Lipinski definition) is 2. The van der Waals surface area contributed by atoms with Crippen LogP contribution in [0, 0.1) is 11.6 Å². The highest BCUT2D eigenvalue weighted by molar-refractivity contribution is 6.43. The predicted octanol–water partition coefficient (Wildman–Crippen LogP) is 1.17. The highest BCUT2D eigenvalue weighted by Crippen LogP contribution is 2.15. The van der Waals surface area contributed by atoms with E-state index in [1.54, 1.807) is 0 Å². The molecule has 0 aliphatic carbocycles. The van der Waals surface area contributed by atoms with Crippen LogP contribution in [0.3, 0.4) is 0 Å². The van der Waals surface area contributed by atoms with Crippen molar-refractivity contribution in [3.8, 4) is 0 Å². The Balaban J connectivity index is 2.12. The number of benzene rings is 1. The van der Waals surface area contributed by atoms with E-state index in [0.29, 0.717) is 0 Å². The molecule has 5 nitrogen and oxygen atoms in total. The lowest BCUT2D eigenvalue weighted by atomic mass is 10.1. The standard InChI is InChI=1S/C11H9F2N3O2/c12-6-1-2-7(13)9(5-6)14-11(18)8-3-4-10(17)16-15-8/h1-2,5H,3-4H2,(H,14,18)(H,16,17). The maximum Gasteiger partial charge on any atom is 0.271 e. The van der Waals surface area contributed by atoms with Gasteiger partial charge in [0.1, 0.15) is 17.3 Å². The van der Waals surface area contributed by atoms with Crippen molar-refractivity contribution in [2.45, 2.75) is 12.8 Å². The second-order valence-corrected chi connectivity index (χ2v) is 3.67. The van der Waals surface area contributed by atoms with Gasteiger partial charge in [0.25, 0.3) is 5.91 Å². The molecule has 7 heteroatoms. The van der Waals surface area contributed by atoms with E-state index in [1.165, 1.54) is 0 Å². The number of hydrazone groups is 1. The molecule has 0 fully saturated rings. The molecule has 2 amide bonds. The fraction of sp³-hybridized carbons (Fsp3) is 0.182. The Morgan fingerprint density at radius 2 is 2.11 bits per heavy atom. The molecule has 0 unspecified atom stereocenters. The maximum absolute atomic E-state index is 13.3. The summed E-state index contributed by atoms with van der Waals surface area (Å²) >= 11 is 0. The topological polar surface area (TPSA) is 70.6 Å². The summed E-state index contributed by atoms with van der Waals surface area (Å²) in [6.07, 6.45) is 0.298. The first-order valence-electron chi connectivity index (χ1n) is 5.18. The van der Waals surface area contributed by atoms with Crippen molar-refractivity contribution in [3.63, 3.8) is 0 Å². The third-order valence-electron chi connectivity index (χ3n) is 2.34. The number of nitrogens with one attached hydrogen (secondary N) is 2. The molecule has 0 atom stereocenters. The van der Waals surface area contributed by atoms with E-state index < -0.39 is 17.5 Å². The normalized spacial score (nSPS) is 14.8. The smallest absolute Gasteiger partial charge is 0.271 e. The van der Waals surface area contributed by atoms with Gasteiger partial charge in [-0.15, -0.1) is 0 Å². The second kappa shape index (κ2) is 4.91. The van der Waals surface area contributed by atoms with Gasteiger partial charge in [0, 0.05) is 18.9 Å².